The van der Waals surface area contributed by atoms with Gasteiger partial charge in [0.25, 0.3) is 0 Å². The molecule has 1 aliphatic rings. The Kier molecular flexibility index (Phi) is 6.82. The van der Waals surface area contributed by atoms with Crippen LogP contribution in [0.1, 0.15) is 6.92 Å². The zero-order chi connectivity index (χ0) is 18.9. The minimum Gasteiger partial charge on any atom is -0.472 e. The first-order valence-corrected chi connectivity index (χ1v) is 9.22. The molecule has 1 aromatic heterocycles. The average molecular weight is 367 g/mol. The Morgan fingerprint density at radius 3 is 2.48 bits per heavy atom. The van der Waals surface area contributed by atoms with Crippen molar-refractivity contribution in [1.29, 1.82) is 0 Å². The normalized spacial score (nSPS) is 16.3. The molecule has 1 unspecified atom stereocenters. The van der Waals surface area contributed by atoms with Crippen LogP contribution in [0, 0.1) is 0 Å². The topological polar surface area (TPSA) is 54.9 Å². The number of esters is 1. The summed E-state index contributed by atoms with van der Waals surface area (Å²) in [6, 6.07) is 13.7. The van der Waals surface area contributed by atoms with E-state index in [2.05, 4.69) is 14.8 Å². The molecule has 0 bridgehead atoms. The first kappa shape index (κ1) is 18.9. The van der Waals surface area contributed by atoms with Crippen molar-refractivity contribution < 1.29 is 14.3 Å². The highest BCUT2D eigenvalue weighted by atomic mass is 16.5. The van der Waals surface area contributed by atoms with Crippen LogP contribution in [0.4, 0.5) is 5.69 Å². The molecule has 2 heterocycles. The lowest BCUT2D eigenvalue weighted by atomic mass is 10.2. The quantitative estimate of drug-likeness (QED) is 0.554. The lowest BCUT2D eigenvalue weighted by Gasteiger charge is -2.39. The van der Waals surface area contributed by atoms with Gasteiger partial charge in [-0.2, -0.15) is 0 Å². The molecule has 1 atom stereocenters. The van der Waals surface area contributed by atoms with Crippen LogP contribution in [-0.2, 0) is 9.53 Å². The summed E-state index contributed by atoms with van der Waals surface area (Å²) in [6.07, 6.45) is 6.52. The maximum Gasteiger partial charge on any atom is 0.330 e. The van der Waals surface area contributed by atoms with Gasteiger partial charge in [-0.15, -0.1) is 0 Å². The number of piperazine rings is 1. The van der Waals surface area contributed by atoms with E-state index in [-0.39, 0.29) is 12.2 Å². The van der Waals surface area contributed by atoms with Gasteiger partial charge in [-0.3, -0.25) is 9.88 Å². The third kappa shape index (κ3) is 5.56. The Bertz CT molecular complexity index is 729. The van der Waals surface area contributed by atoms with Crippen LogP contribution in [0.3, 0.4) is 0 Å². The molecule has 0 N–H and O–H groups in total. The van der Waals surface area contributed by atoms with Gasteiger partial charge in [0.1, 0.15) is 5.75 Å². The van der Waals surface area contributed by atoms with Crippen LogP contribution < -0.4 is 9.64 Å². The molecule has 6 nitrogen and oxygen atoms in total. The molecule has 6 heteroatoms. The van der Waals surface area contributed by atoms with E-state index in [0.717, 1.165) is 31.9 Å². The van der Waals surface area contributed by atoms with Crippen molar-refractivity contribution in [3.63, 3.8) is 0 Å². The van der Waals surface area contributed by atoms with Crippen molar-refractivity contribution in [2.45, 2.75) is 13.2 Å². The molecule has 1 aromatic carbocycles. The second-order valence-electron chi connectivity index (χ2n) is 6.16. The summed E-state index contributed by atoms with van der Waals surface area (Å²) in [6.45, 7) is 5.57. The SMILES string of the molecule is CCOC(=O)C=CC(Oc1ccccc1)N1CCN(c2ccncc2)CC1. The number of hydrogen-bond donors (Lipinski definition) is 0. The molecule has 0 saturated carbocycles. The number of rotatable bonds is 7. The summed E-state index contributed by atoms with van der Waals surface area (Å²) >= 11 is 0. The number of nitrogens with zero attached hydrogens (tertiary/aromatic N) is 3. The fourth-order valence-electron chi connectivity index (χ4n) is 3.01. The van der Waals surface area contributed by atoms with Gasteiger partial charge in [-0.1, -0.05) is 18.2 Å². The lowest BCUT2D eigenvalue weighted by molar-refractivity contribution is -0.137. The Balaban J connectivity index is 1.66. The highest BCUT2D eigenvalue weighted by Gasteiger charge is 2.24. The molecule has 3 rings (SSSR count). The van der Waals surface area contributed by atoms with E-state index >= 15 is 0 Å². The van der Waals surface area contributed by atoms with E-state index < -0.39 is 0 Å². The van der Waals surface area contributed by atoms with Crippen LogP contribution in [0.25, 0.3) is 0 Å². The van der Waals surface area contributed by atoms with Crippen molar-refractivity contribution in [2.24, 2.45) is 0 Å². The van der Waals surface area contributed by atoms with Gasteiger partial charge >= 0.3 is 5.97 Å². The van der Waals surface area contributed by atoms with Gasteiger partial charge in [-0.25, -0.2) is 4.79 Å². The van der Waals surface area contributed by atoms with E-state index in [1.54, 1.807) is 13.0 Å². The van der Waals surface area contributed by atoms with Crippen LogP contribution in [0.5, 0.6) is 5.75 Å². The van der Waals surface area contributed by atoms with Crippen LogP contribution >= 0.6 is 0 Å². The third-order valence-corrected chi connectivity index (χ3v) is 4.39. The molecular weight excluding hydrogens is 342 g/mol. The summed E-state index contributed by atoms with van der Waals surface area (Å²) in [5.41, 5.74) is 1.17. The summed E-state index contributed by atoms with van der Waals surface area (Å²) in [5, 5.41) is 0. The number of anilines is 1. The number of pyridine rings is 1. The first-order chi connectivity index (χ1) is 13.3. The minimum absolute atomic E-state index is 0.323. The first-order valence-electron chi connectivity index (χ1n) is 9.22. The number of carbonyl (C=O) groups is 1. The van der Waals surface area contributed by atoms with E-state index in [1.165, 1.54) is 11.8 Å². The fraction of sp³-hybridized carbons (Fsp3) is 0.333. The van der Waals surface area contributed by atoms with Gasteiger partial charge in [0.15, 0.2) is 6.23 Å². The minimum atomic E-state index is -0.352. The van der Waals surface area contributed by atoms with Crippen LogP contribution in [-0.4, -0.2) is 54.9 Å². The molecule has 0 amide bonds. The van der Waals surface area contributed by atoms with Crippen molar-refractivity contribution in [3.05, 3.63) is 67.0 Å². The number of ether oxygens (including phenoxy) is 2. The van der Waals surface area contributed by atoms with Crippen molar-refractivity contribution in [3.8, 4) is 5.75 Å². The van der Waals surface area contributed by atoms with Crippen LogP contribution in [0.2, 0.25) is 0 Å². The van der Waals surface area contributed by atoms with Gasteiger partial charge in [0, 0.05) is 50.3 Å². The highest BCUT2D eigenvalue weighted by molar-refractivity contribution is 5.81. The molecule has 0 spiro atoms. The fourth-order valence-corrected chi connectivity index (χ4v) is 3.01. The molecule has 2 aromatic rings. The zero-order valence-electron chi connectivity index (χ0n) is 15.5. The van der Waals surface area contributed by atoms with E-state index in [4.69, 9.17) is 9.47 Å². The Morgan fingerprint density at radius 1 is 1.11 bits per heavy atom. The van der Waals surface area contributed by atoms with E-state index in [1.807, 2.05) is 54.9 Å². The van der Waals surface area contributed by atoms with E-state index in [0.29, 0.717) is 6.61 Å². The maximum atomic E-state index is 11.7. The molecular formula is C21H25N3O3. The second kappa shape index (κ2) is 9.73. The zero-order valence-corrected chi connectivity index (χ0v) is 15.5. The van der Waals surface area contributed by atoms with Crippen LogP contribution in [0.15, 0.2) is 67.0 Å². The molecule has 0 aliphatic carbocycles. The summed E-state index contributed by atoms with van der Waals surface area (Å²) in [7, 11) is 0. The summed E-state index contributed by atoms with van der Waals surface area (Å²) < 4.78 is 11.1. The van der Waals surface area contributed by atoms with Gasteiger partial charge in [0.05, 0.1) is 6.61 Å². The maximum absolute atomic E-state index is 11.7. The molecule has 142 valence electrons. The summed E-state index contributed by atoms with van der Waals surface area (Å²) in [4.78, 5) is 20.3. The van der Waals surface area contributed by atoms with Crippen molar-refractivity contribution in [1.82, 2.24) is 9.88 Å². The highest BCUT2D eigenvalue weighted by Crippen LogP contribution is 2.19. The number of para-hydroxylation sites is 1. The molecule has 0 radical (unpaired) electrons. The lowest BCUT2D eigenvalue weighted by Crippen LogP contribution is -2.51. The predicted molar refractivity (Wildman–Crippen MR) is 105 cm³/mol. The number of hydrogen-bond acceptors (Lipinski definition) is 6. The largest absolute Gasteiger partial charge is 0.472 e. The number of benzene rings is 1. The molecule has 1 saturated heterocycles. The average Bonchev–Trinajstić information content (AvgIpc) is 2.73. The van der Waals surface area contributed by atoms with Crippen molar-refractivity contribution in [2.75, 3.05) is 37.7 Å². The monoisotopic (exact) mass is 367 g/mol. The third-order valence-electron chi connectivity index (χ3n) is 4.39. The van der Waals surface area contributed by atoms with Gasteiger partial charge in [-0.05, 0) is 37.3 Å². The Morgan fingerprint density at radius 2 is 1.81 bits per heavy atom. The van der Waals surface area contributed by atoms with E-state index in [9.17, 15) is 4.79 Å². The summed E-state index contributed by atoms with van der Waals surface area (Å²) in [5.74, 6) is 0.419. The standard InChI is InChI=1S/C21H25N3O3/c1-2-26-21(25)9-8-20(27-19-6-4-3-5-7-19)24-16-14-23(15-17-24)18-10-12-22-13-11-18/h3-13,20H,2,14-17H2,1H3. The number of carbonyl (C=O) groups excluding carboxylic acids is 1. The molecule has 1 fully saturated rings. The molecule has 27 heavy (non-hydrogen) atoms. The predicted octanol–water partition coefficient (Wildman–Crippen LogP) is 2.73. The number of aromatic nitrogens is 1. The van der Waals surface area contributed by atoms with Crippen molar-refractivity contribution >= 4 is 11.7 Å². The Hall–Kier alpha value is -2.86. The second-order valence-corrected chi connectivity index (χ2v) is 6.16. The Labute approximate surface area is 160 Å². The van der Waals surface area contributed by atoms with Gasteiger partial charge < -0.3 is 14.4 Å². The molecule has 1 aliphatic heterocycles. The van der Waals surface area contributed by atoms with Gasteiger partial charge in [0.2, 0.25) is 0 Å². The smallest absolute Gasteiger partial charge is 0.330 e.